The third kappa shape index (κ3) is 5.30. The molecule has 0 spiro atoms. The molecule has 28 heavy (non-hydrogen) atoms. The van der Waals surface area contributed by atoms with Crippen molar-refractivity contribution in [3.8, 4) is 5.75 Å². The van der Waals surface area contributed by atoms with E-state index in [1.165, 1.54) is 24.1 Å². The fourth-order valence-corrected chi connectivity index (χ4v) is 2.93. The molecular weight excluding hydrogens is 401 g/mol. The third-order valence-electron chi connectivity index (χ3n) is 4.30. The number of likely N-dealkylation sites (N-methyl/N-ethyl adjacent to an activating group) is 1. The van der Waals surface area contributed by atoms with Crippen LogP contribution < -0.4 is 15.8 Å². The first kappa shape index (κ1) is 23.6. The van der Waals surface area contributed by atoms with Crippen LogP contribution in [0, 0.1) is 13.8 Å². The van der Waals surface area contributed by atoms with Gasteiger partial charge in [-0.2, -0.15) is 0 Å². The van der Waals surface area contributed by atoms with Gasteiger partial charge in [-0.1, -0.05) is 29.8 Å². The summed E-state index contributed by atoms with van der Waals surface area (Å²) in [5.74, 6) is -0.313. The van der Waals surface area contributed by atoms with Crippen molar-refractivity contribution in [1.29, 1.82) is 0 Å². The number of benzene rings is 2. The Morgan fingerprint density at radius 1 is 1.21 bits per heavy atom. The smallest absolute Gasteiger partial charge is 0.258 e. The molecule has 0 saturated heterocycles. The number of halogens is 2. The van der Waals surface area contributed by atoms with E-state index in [-0.39, 0.29) is 41.4 Å². The number of hydrogen-bond donors (Lipinski definition) is 2. The second-order valence-electron chi connectivity index (χ2n) is 6.21. The normalized spacial score (nSPS) is 10.0. The lowest BCUT2D eigenvalue weighted by molar-refractivity contribution is -0.116. The molecule has 6 nitrogen and oxygen atoms in total. The summed E-state index contributed by atoms with van der Waals surface area (Å²) < 4.78 is 5.24. The summed E-state index contributed by atoms with van der Waals surface area (Å²) in [4.78, 5) is 26.8. The van der Waals surface area contributed by atoms with Crippen molar-refractivity contribution >= 4 is 47.2 Å². The van der Waals surface area contributed by atoms with Gasteiger partial charge in [0.25, 0.3) is 5.91 Å². The summed E-state index contributed by atoms with van der Waals surface area (Å²) in [5.41, 5.74) is 9.04. The van der Waals surface area contributed by atoms with Crippen LogP contribution in [0.15, 0.2) is 30.3 Å². The van der Waals surface area contributed by atoms with Crippen LogP contribution in [-0.4, -0.2) is 36.9 Å². The van der Waals surface area contributed by atoms with Crippen molar-refractivity contribution in [3.05, 3.63) is 52.0 Å². The van der Waals surface area contributed by atoms with Crippen molar-refractivity contribution in [2.24, 2.45) is 0 Å². The number of nitrogens with two attached hydrogens (primary N) is 1. The van der Waals surface area contributed by atoms with E-state index >= 15 is 0 Å². The zero-order valence-electron chi connectivity index (χ0n) is 16.3. The molecule has 0 aliphatic carbocycles. The predicted octanol–water partition coefficient (Wildman–Crippen LogP) is 4.07. The number of para-hydroxylation sites is 1. The Morgan fingerprint density at radius 2 is 1.82 bits per heavy atom. The van der Waals surface area contributed by atoms with Crippen molar-refractivity contribution in [1.82, 2.24) is 4.90 Å². The fourth-order valence-electron chi connectivity index (χ4n) is 2.77. The fraction of sp³-hybridized carbons (Fsp3) is 0.300. The van der Waals surface area contributed by atoms with E-state index in [0.717, 1.165) is 16.8 Å². The van der Waals surface area contributed by atoms with Gasteiger partial charge in [-0.25, -0.2) is 0 Å². The Bertz CT molecular complexity index is 852. The van der Waals surface area contributed by atoms with Crippen molar-refractivity contribution < 1.29 is 14.3 Å². The molecule has 0 aromatic heterocycles. The van der Waals surface area contributed by atoms with E-state index in [1.54, 1.807) is 6.92 Å². The molecule has 8 heteroatoms. The summed E-state index contributed by atoms with van der Waals surface area (Å²) in [6, 6.07) is 8.74. The lowest BCUT2D eigenvalue weighted by Crippen LogP contribution is -2.38. The molecule has 2 aromatic carbocycles. The molecule has 0 aliphatic heterocycles. The first-order chi connectivity index (χ1) is 12.8. The highest BCUT2D eigenvalue weighted by atomic mass is 35.5. The van der Waals surface area contributed by atoms with Crippen LogP contribution in [-0.2, 0) is 4.79 Å². The maximum Gasteiger partial charge on any atom is 0.258 e. The van der Waals surface area contributed by atoms with Crippen LogP contribution in [0.4, 0.5) is 11.4 Å². The number of ether oxygens (including phenoxy) is 1. The zero-order valence-corrected chi connectivity index (χ0v) is 17.9. The number of nitrogens with one attached hydrogen (secondary N) is 1. The highest BCUT2D eigenvalue weighted by Gasteiger charge is 2.22. The second kappa shape index (κ2) is 10.2. The number of carbonyl (C=O) groups is 2. The average Bonchev–Trinajstić information content (AvgIpc) is 2.64. The lowest BCUT2D eigenvalue weighted by Gasteiger charge is -2.22. The van der Waals surface area contributed by atoms with Crippen LogP contribution >= 0.6 is 24.0 Å². The van der Waals surface area contributed by atoms with Gasteiger partial charge in [0.15, 0.2) is 0 Å². The highest BCUT2D eigenvalue weighted by molar-refractivity contribution is 6.33. The molecule has 2 aromatic rings. The van der Waals surface area contributed by atoms with Gasteiger partial charge in [-0.15, -0.1) is 12.4 Å². The van der Waals surface area contributed by atoms with Crippen molar-refractivity contribution in [3.63, 3.8) is 0 Å². The second-order valence-corrected chi connectivity index (χ2v) is 6.62. The van der Waals surface area contributed by atoms with Gasteiger partial charge in [-0.05, 0) is 38.0 Å². The van der Waals surface area contributed by atoms with Crippen LogP contribution in [0.1, 0.15) is 28.4 Å². The van der Waals surface area contributed by atoms with Gasteiger partial charge >= 0.3 is 0 Å². The molecule has 0 unspecified atom stereocenters. The van der Waals surface area contributed by atoms with Gasteiger partial charge in [-0.3, -0.25) is 9.59 Å². The maximum absolute atomic E-state index is 12.9. The zero-order chi connectivity index (χ0) is 20.1. The van der Waals surface area contributed by atoms with E-state index in [2.05, 4.69) is 5.32 Å². The number of carbonyl (C=O) groups excluding carboxylic acids is 2. The molecule has 0 atom stereocenters. The summed E-state index contributed by atoms with van der Waals surface area (Å²) in [7, 11) is 1.45. The van der Waals surface area contributed by atoms with E-state index in [0.29, 0.717) is 18.0 Å². The summed E-state index contributed by atoms with van der Waals surface area (Å²) >= 11 is 6.05. The molecule has 2 rings (SSSR count). The van der Waals surface area contributed by atoms with Crippen molar-refractivity contribution in [2.75, 3.05) is 31.2 Å². The summed E-state index contributed by atoms with van der Waals surface area (Å²) in [6.45, 7) is 5.91. The number of methoxy groups -OCH3 is 1. The van der Waals surface area contributed by atoms with Gasteiger partial charge in [0.1, 0.15) is 12.3 Å². The molecule has 0 bridgehead atoms. The molecule has 2 amide bonds. The number of nitrogens with zero attached hydrogens (tertiary/aromatic N) is 1. The Hall–Kier alpha value is -2.44. The number of rotatable bonds is 6. The van der Waals surface area contributed by atoms with Crippen LogP contribution in [0.2, 0.25) is 5.02 Å². The molecule has 0 radical (unpaired) electrons. The number of hydrogen-bond acceptors (Lipinski definition) is 4. The molecule has 0 saturated carbocycles. The minimum Gasteiger partial charge on any atom is -0.496 e. The first-order valence-corrected chi connectivity index (χ1v) is 8.94. The molecule has 152 valence electrons. The van der Waals surface area contributed by atoms with Gasteiger partial charge in [0, 0.05) is 18.3 Å². The van der Waals surface area contributed by atoms with Crippen molar-refractivity contribution in [2.45, 2.75) is 20.8 Å². The average molecular weight is 426 g/mol. The Labute approximate surface area is 176 Å². The largest absolute Gasteiger partial charge is 0.496 e. The van der Waals surface area contributed by atoms with E-state index in [1.807, 2.05) is 32.0 Å². The maximum atomic E-state index is 12.9. The highest BCUT2D eigenvalue weighted by Crippen LogP contribution is 2.29. The molecule has 0 heterocycles. The van der Waals surface area contributed by atoms with Crippen LogP contribution in [0.3, 0.4) is 0 Å². The number of aryl methyl sites for hydroxylation is 2. The monoisotopic (exact) mass is 425 g/mol. The molecule has 0 fully saturated rings. The van der Waals surface area contributed by atoms with Gasteiger partial charge in [0.05, 0.1) is 23.4 Å². The minimum absolute atomic E-state index is 0. The van der Waals surface area contributed by atoms with E-state index in [4.69, 9.17) is 22.1 Å². The summed E-state index contributed by atoms with van der Waals surface area (Å²) in [5, 5.41) is 3.15. The quantitative estimate of drug-likeness (QED) is 0.682. The molecule has 3 N–H and O–H groups in total. The predicted molar refractivity (Wildman–Crippen MR) is 116 cm³/mol. The topological polar surface area (TPSA) is 84.7 Å². The Balaban J connectivity index is 0.00000392. The first-order valence-electron chi connectivity index (χ1n) is 8.56. The number of anilines is 2. The van der Waals surface area contributed by atoms with E-state index in [9.17, 15) is 9.59 Å². The molecular formula is C20H25Cl2N3O3. The SMILES string of the molecule is CCN(CC(=O)Nc1c(C)cccc1C)C(=O)c1cc(Cl)c(N)cc1OC.Cl. The Kier molecular flexibility index (Phi) is 8.60. The van der Waals surface area contributed by atoms with Crippen LogP contribution in [0.5, 0.6) is 5.75 Å². The summed E-state index contributed by atoms with van der Waals surface area (Å²) in [6.07, 6.45) is 0. The van der Waals surface area contributed by atoms with Crippen LogP contribution in [0.25, 0.3) is 0 Å². The lowest BCUT2D eigenvalue weighted by atomic mass is 10.1. The van der Waals surface area contributed by atoms with Gasteiger partial charge < -0.3 is 20.7 Å². The minimum atomic E-state index is -0.354. The number of amides is 2. The Morgan fingerprint density at radius 3 is 2.36 bits per heavy atom. The number of nitrogen functional groups attached to an aromatic ring is 1. The van der Waals surface area contributed by atoms with Gasteiger partial charge in [0.2, 0.25) is 5.91 Å². The standard InChI is InChI=1S/C20H24ClN3O3.ClH/c1-5-24(11-18(25)23-19-12(2)7-6-8-13(19)3)20(26)14-9-15(21)16(22)10-17(14)27-4;/h6-10H,5,11,22H2,1-4H3,(H,23,25);1H. The van der Waals surface area contributed by atoms with E-state index < -0.39 is 0 Å². The third-order valence-corrected chi connectivity index (χ3v) is 4.63. The molecule has 0 aliphatic rings.